The first-order chi connectivity index (χ1) is 22.9. The molecule has 1 N–H and O–H groups in total. The van der Waals surface area contributed by atoms with Crippen LogP contribution >= 0.6 is 11.6 Å². The molecule has 7 rings (SSSR count). The summed E-state index contributed by atoms with van der Waals surface area (Å²) in [6.07, 6.45) is 0. The van der Waals surface area contributed by atoms with Gasteiger partial charge in [-0.25, -0.2) is 4.79 Å². The van der Waals surface area contributed by atoms with Crippen molar-refractivity contribution in [1.82, 2.24) is 4.90 Å². The zero-order chi connectivity index (χ0) is 32.5. The van der Waals surface area contributed by atoms with Crippen LogP contribution < -0.4 is 0 Å². The predicted octanol–water partition coefficient (Wildman–Crippen LogP) is 9.17. The first-order valence-electron chi connectivity index (χ1n) is 15.5. The average Bonchev–Trinajstić information content (AvgIpc) is 3.24. The van der Waals surface area contributed by atoms with Crippen molar-refractivity contribution in [3.05, 3.63) is 154 Å². The van der Waals surface area contributed by atoms with Gasteiger partial charge in [0, 0.05) is 30.2 Å². The molecule has 0 aliphatic carbocycles. The number of hydrogen-bond donors (Lipinski definition) is 1. The summed E-state index contributed by atoms with van der Waals surface area (Å²) in [7, 11) is 0. The molecule has 6 aromatic carbocycles. The second kappa shape index (κ2) is 14.1. The first-order valence-corrected chi connectivity index (χ1v) is 15.9. The number of carbonyl (C=O) groups is 2. The molecule has 1 amide bonds. The fourth-order valence-corrected chi connectivity index (χ4v) is 6.61. The molecule has 0 aromatic heterocycles. The molecule has 48 heavy (non-hydrogen) atoms. The molecule has 1 heterocycles. The summed E-state index contributed by atoms with van der Waals surface area (Å²) in [4.78, 5) is 32.2. The molecule has 8 heteroatoms. The van der Waals surface area contributed by atoms with Crippen LogP contribution in [0.25, 0.3) is 38.0 Å². The summed E-state index contributed by atoms with van der Waals surface area (Å²) in [5.74, 6) is -1.38. The van der Waals surface area contributed by atoms with E-state index in [1.54, 1.807) is 18.2 Å². The molecular formula is C40H31ClN3NiO3+. The molecule has 6 nitrogen and oxygen atoms in total. The van der Waals surface area contributed by atoms with Gasteiger partial charge < -0.3 is 15.2 Å². The molecule has 0 unspecified atom stereocenters. The van der Waals surface area contributed by atoms with Gasteiger partial charge in [0.05, 0.1) is 11.6 Å². The van der Waals surface area contributed by atoms with Crippen molar-refractivity contribution in [2.24, 2.45) is 4.99 Å². The fraction of sp³-hybridized carbons (Fsp3) is 0.125. The SMILES string of the molecule is C[C@H](N=C(c1ccccc1)c1cc(Cl)ccc1[N-]C(=O)CN1Cc2ccc3ccccc3c2-c2c(ccc3ccccc23)C1)C(=O)O.[Ni+2]. The fourth-order valence-electron chi connectivity index (χ4n) is 6.44. The minimum absolute atomic E-state index is 0. The van der Waals surface area contributed by atoms with E-state index in [0.29, 0.717) is 40.6 Å². The molecule has 0 radical (unpaired) electrons. The molecule has 0 saturated heterocycles. The standard InChI is InChI=1S/C40H32ClN3O3.Ni/c1-25(40(46)47)42-39(28-11-3-2-4-12-28)34-21-31(41)19-20-35(34)43-36(45)24-44-22-29-17-15-26-9-5-7-13-32(26)37(29)38-30(23-44)18-16-27-10-6-8-14-33(27)38;/h2-21,25H,22-24H2,1H3,(H2,42,43,45,46,47);/q;+2/p-1/t25-;/m0./s1. The Morgan fingerprint density at radius 3 is 1.94 bits per heavy atom. The van der Waals surface area contributed by atoms with Crippen LogP contribution in [0.1, 0.15) is 29.2 Å². The van der Waals surface area contributed by atoms with Crippen LogP contribution in [-0.2, 0) is 39.2 Å². The minimum Gasteiger partial charge on any atom is -0.625 e. The third kappa shape index (κ3) is 6.63. The van der Waals surface area contributed by atoms with Gasteiger partial charge in [0.25, 0.3) is 0 Å². The zero-order valence-electron chi connectivity index (χ0n) is 26.0. The van der Waals surface area contributed by atoms with Gasteiger partial charge in [-0.05, 0) is 68.4 Å². The molecule has 0 bridgehead atoms. The second-order valence-electron chi connectivity index (χ2n) is 11.8. The van der Waals surface area contributed by atoms with Crippen LogP contribution in [0.4, 0.5) is 5.69 Å². The van der Waals surface area contributed by atoms with Crippen LogP contribution in [-0.4, -0.2) is 40.2 Å². The largest absolute Gasteiger partial charge is 2.00 e. The number of halogens is 1. The van der Waals surface area contributed by atoms with E-state index in [2.05, 4.69) is 88.0 Å². The minimum atomic E-state index is -1.06. The third-order valence-electron chi connectivity index (χ3n) is 8.61. The maximum atomic E-state index is 13.8. The van der Waals surface area contributed by atoms with Gasteiger partial charge in [0.15, 0.2) is 0 Å². The number of carboxylic acid groups (broad SMARTS) is 1. The normalized spacial score (nSPS) is 13.6. The van der Waals surface area contributed by atoms with Gasteiger partial charge in [-0.2, -0.15) is 0 Å². The van der Waals surface area contributed by atoms with E-state index >= 15 is 0 Å². The second-order valence-corrected chi connectivity index (χ2v) is 12.2. The number of carboxylic acids is 1. The summed E-state index contributed by atoms with van der Waals surface area (Å²) in [6, 6.07) is 38.8. The topological polar surface area (TPSA) is 84.1 Å². The van der Waals surface area contributed by atoms with Crippen LogP contribution in [0.15, 0.2) is 126 Å². The number of benzene rings is 6. The maximum absolute atomic E-state index is 13.8. The summed E-state index contributed by atoms with van der Waals surface area (Å²) in [6.45, 7) is 2.75. The van der Waals surface area contributed by atoms with E-state index in [1.807, 2.05) is 30.3 Å². The summed E-state index contributed by atoms with van der Waals surface area (Å²) in [5.41, 5.74) is 6.70. The van der Waals surface area contributed by atoms with Crippen LogP contribution in [0.3, 0.4) is 0 Å². The number of aliphatic carboxylic acids is 1. The number of aliphatic imine (C=N–C) groups is 1. The van der Waals surface area contributed by atoms with Gasteiger partial charge in [0.1, 0.15) is 6.04 Å². The zero-order valence-corrected chi connectivity index (χ0v) is 27.8. The van der Waals surface area contributed by atoms with Crippen molar-refractivity contribution in [2.75, 3.05) is 6.54 Å². The Kier molecular flexibility index (Phi) is 9.74. The average molecular weight is 696 g/mol. The van der Waals surface area contributed by atoms with E-state index in [1.165, 1.54) is 39.6 Å². The third-order valence-corrected chi connectivity index (χ3v) is 8.85. The number of nitrogens with zero attached hydrogens (tertiary/aromatic N) is 3. The van der Waals surface area contributed by atoms with E-state index in [4.69, 9.17) is 11.6 Å². The van der Waals surface area contributed by atoms with Crippen molar-refractivity contribution in [3.63, 3.8) is 0 Å². The number of carbonyl (C=O) groups excluding carboxylic acids is 1. The quantitative estimate of drug-likeness (QED) is 0.133. The van der Waals surface area contributed by atoms with Crippen molar-refractivity contribution >= 4 is 56.4 Å². The molecule has 240 valence electrons. The Morgan fingerprint density at radius 1 is 0.792 bits per heavy atom. The predicted molar refractivity (Wildman–Crippen MR) is 190 cm³/mol. The first kappa shape index (κ1) is 33.1. The maximum Gasteiger partial charge on any atom is 2.00 e. The smallest absolute Gasteiger partial charge is 0.625 e. The molecule has 0 fully saturated rings. The van der Waals surface area contributed by atoms with E-state index in [9.17, 15) is 14.7 Å². The molecule has 0 spiro atoms. The van der Waals surface area contributed by atoms with Gasteiger partial charge in [0.2, 0.25) is 0 Å². The van der Waals surface area contributed by atoms with Crippen LogP contribution in [0.5, 0.6) is 0 Å². The Bertz CT molecular complexity index is 2120. The van der Waals surface area contributed by atoms with E-state index < -0.39 is 12.0 Å². The summed E-state index contributed by atoms with van der Waals surface area (Å²) >= 11 is 6.43. The van der Waals surface area contributed by atoms with Crippen molar-refractivity contribution in [3.8, 4) is 11.1 Å². The number of rotatable bonds is 7. The van der Waals surface area contributed by atoms with Gasteiger partial charge in [-0.1, -0.05) is 121 Å². The van der Waals surface area contributed by atoms with Crippen LogP contribution in [0, 0.1) is 0 Å². The molecule has 0 saturated carbocycles. The Balaban J connectivity index is 0.00000401. The molecular weight excluding hydrogens is 665 g/mol. The monoisotopic (exact) mass is 694 g/mol. The van der Waals surface area contributed by atoms with Crippen molar-refractivity contribution < 1.29 is 31.2 Å². The Hall–Kier alpha value is -4.81. The molecule has 6 aromatic rings. The van der Waals surface area contributed by atoms with E-state index in [0.717, 1.165) is 11.1 Å². The summed E-state index contributed by atoms with van der Waals surface area (Å²) < 4.78 is 0. The van der Waals surface area contributed by atoms with Crippen LogP contribution in [0.2, 0.25) is 5.02 Å². The number of fused-ring (bicyclic) bond motifs is 7. The molecule has 1 aliphatic heterocycles. The van der Waals surface area contributed by atoms with Crippen molar-refractivity contribution in [2.45, 2.75) is 26.1 Å². The Morgan fingerprint density at radius 2 is 1.35 bits per heavy atom. The summed E-state index contributed by atoms with van der Waals surface area (Å²) in [5, 5.41) is 19.4. The molecule has 1 atom stereocenters. The Labute approximate surface area is 294 Å². The van der Waals surface area contributed by atoms with E-state index in [-0.39, 0.29) is 28.9 Å². The number of amides is 1. The number of hydrogen-bond acceptors (Lipinski definition) is 4. The van der Waals surface area contributed by atoms with Crippen molar-refractivity contribution in [1.29, 1.82) is 0 Å². The molecule has 1 aliphatic rings. The van der Waals surface area contributed by atoms with Gasteiger partial charge >= 0.3 is 22.5 Å². The van der Waals surface area contributed by atoms with Gasteiger partial charge in [-0.15, -0.1) is 5.69 Å². The van der Waals surface area contributed by atoms with Gasteiger partial charge in [-0.3, -0.25) is 9.89 Å².